The average Bonchev–Trinajstić information content (AvgIpc) is 2.61. The lowest BCUT2D eigenvalue weighted by atomic mass is 10.1. The van der Waals surface area contributed by atoms with Crippen LogP contribution < -0.4 is 4.74 Å². The highest BCUT2D eigenvalue weighted by Crippen LogP contribution is 2.24. The number of carbonyl (C=O) groups is 1. The number of hydrogen-bond acceptors (Lipinski definition) is 5. The summed E-state index contributed by atoms with van der Waals surface area (Å²) in [5, 5.41) is 0. The number of esters is 1. The van der Waals surface area contributed by atoms with Gasteiger partial charge in [-0.15, -0.1) is 0 Å². The number of ether oxygens (including phenoxy) is 2. The van der Waals surface area contributed by atoms with E-state index in [1.165, 1.54) is 0 Å². The van der Waals surface area contributed by atoms with E-state index in [9.17, 15) is 4.79 Å². The van der Waals surface area contributed by atoms with Crippen molar-refractivity contribution < 1.29 is 14.3 Å². The van der Waals surface area contributed by atoms with E-state index < -0.39 is 0 Å². The maximum atomic E-state index is 11.6. The molecule has 1 unspecified atom stereocenters. The third-order valence-corrected chi connectivity index (χ3v) is 3.81. The van der Waals surface area contributed by atoms with Gasteiger partial charge in [-0.25, -0.2) is 0 Å². The highest BCUT2D eigenvalue weighted by Gasteiger charge is 2.16. The largest absolute Gasteiger partial charge is 0.484 e. The van der Waals surface area contributed by atoms with Gasteiger partial charge in [-0.05, 0) is 38.6 Å². The second kappa shape index (κ2) is 9.79. The fourth-order valence-electron chi connectivity index (χ4n) is 2.49. The summed E-state index contributed by atoms with van der Waals surface area (Å²) in [4.78, 5) is 17.8. The summed E-state index contributed by atoms with van der Waals surface area (Å²) < 4.78 is 11.1. The van der Waals surface area contributed by atoms with Gasteiger partial charge in [-0.3, -0.25) is 14.7 Å². The van der Waals surface area contributed by atoms with Gasteiger partial charge in [-0.1, -0.05) is 30.3 Å². The molecule has 2 aromatic rings. The van der Waals surface area contributed by atoms with Crippen LogP contribution in [0, 0.1) is 6.92 Å². The SMILES string of the molecule is CCOC(=O)CN(C)CCC(Oc1ccc(C)nc1)c1ccccc1. The summed E-state index contributed by atoms with van der Waals surface area (Å²) in [5.41, 5.74) is 2.06. The molecular formula is C20H26N2O3. The summed E-state index contributed by atoms with van der Waals surface area (Å²) in [6.07, 6.45) is 2.40. The van der Waals surface area contributed by atoms with E-state index in [1.807, 2.05) is 56.1 Å². The lowest BCUT2D eigenvalue weighted by molar-refractivity contribution is -0.144. The first-order valence-corrected chi connectivity index (χ1v) is 8.57. The normalized spacial score (nSPS) is 12.0. The molecule has 25 heavy (non-hydrogen) atoms. The van der Waals surface area contributed by atoms with Crippen LogP contribution in [0.3, 0.4) is 0 Å². The Labute approximate surface area is 149 Å². The number of nitrogens with zero attached hydrogens (tertiary/aromatic N) is 2. The molecule has 2 rings (SSSR count). The third-order valence-electron chi connectivity index (χ3n) is 3.81. The molecule has 5 nitrogen and oxygen atoms in total. The Kier molecular flexibility index (Phi) is 7.41. The van der Waals surface area contributed by atoms with Crippen LogP contribution in [0.5, 0.6) is 5.75 Å². The van der Waals surface area contributed by atoms with Crippen molar-refractivity contribution in [1.82, 2.24) is 9.88 Å². The molecular weight excluding hydrogens is 316 g/mol. The quantitative estimate of drug-likeness (QED) is 0.654. The molecule has 5 heteroatoms. The molecule has 0 aliphatic carbocycles. The van der Waals surface area contributed by atoms with Crippen LogP contribution in [0.4, 0.5) is 0 Å². The molecule has 1 atom stereocenters. The number of pyridine rings is 1. The minimum absolute atomic E-state index is 0.102. The van der Waals surface area contributed by atoms with E-state index in [0.717, 1.165) is 30.0 Å². The van der Waals surface area contributed by atoms with Gasteiger partial charge in [0.2, 0.25) is 0 Å². The van der Waals surface area contributed by atoms with Gasteiger partial charge in [-0.2, -0.15) is 0 Å². The highest BCUT2D eigenvalue weighted by atomic mass is 16.5. The average molecular weight is 342 g/mol. The molecule has 0 bridgehead atoms. The minimum Gasteiger partial charge on any atom is -0.484 e. The molecule has 0 spiro atoms. The molecule has 0 N–H and O–H groups in total. The smallest absolute Gasteiger partial charge is 0.320 e. The van der Waals surface area contributed by atoms with Gasteiger partial charge in [0.15, 0.2) is 0 Å². The Bertz CT molecular complexity index is 644. The van der Waals surface area contributed by atoms with Crippen molar-refractivity contribution in [2.75, 3.05) is 26.7 Å². The van der Waals surface area contributed by atoms with Crippen molar-refractivity contribution in [3.8, 4) is 5.75 Å². The van der Waals surface area contributed by atoms with Crippen molar-refractivity contribution in [2.45, 2.75) is 26.4 Å². The predicted molar refractivity (Wildman–Crippen MR) is 97.5 cm³/mol. The lowest BCUT2D eigenvalue weighted by Gasteiger charge is -2.22. The Morgan fingerprint density at radius 1 is 1.20 bits per heavy atom. The maximum Gasteiger partial charge on any atom is 0.320 e. The lowest BCUT2D eigenvalue weighted by Crippen LogP contribution is -2.29. The standard InChI is InChI=1S/C20H26N2O3/c1-4-24-20(23)15-22(3)13-12-19(17-8-6-5-7-9-17)25-18-11-10-16(2)21-14-18/h5-11,14,19H,4,12-13,15H2,1-3H3. The number of aromatic nitrogens is 1. The van der Waals surface area contributed by atoms with Crippen LogP contribution in [0.1, 0.15) is 30.7 Å². The van der Waals surface area contributed by atoms with E-state index in [4.69, 9.17) is 9.47 Å². The molecule has 0 radical (unpaired) electrons. The Balaban J connectivity index is 2.00. The van der Waals surface area contributed by atoms with Crippen LogP contribution >= 0.6 is 0 Å². The number of benzene rings is 1. The van der Waals surface area contributed by atoms with Gasteiger partial charge in [0.25, 0.3) is 0 Å². The van der Waals surface area contributed by atoms with Crippen molar-refractivity contribution in [3.05, 3.63) is 59.9 Å². The number of aryl methyl sites for hydroxylation is 1. The van der Waals surface area contributed by atoms with Crippen LogP contribution in [-0.4, -0.2) is 42.6 Å². The van der Waals surface area contributed by atoms with E-state index in [1.54, 1.807) is 6.20 Å². The van der Waals surface area contributed by atoms with E-state index >= 15 is 0 Å². The van der Waals surface area contributed by atoms with Crippen molar-refractivity contribution >= 4 is 5.97 Å². The Morgan fingerprint density at radius 3 is 2.60 bits per heavy atom. The van der Waals surface area contributed by atoms with Crippen LogP contribution in [-0.2, 0) is 9.53 Å². The van der Waals surface area contributed by atoms with Crippen LogP contribution in [0.2, 0.25) is 0 Å². The topological polar surface area (TPSA) is 51.7 Å². The molecule has 0 aliphatic heterocycles. The summed E-state index contributed by atoms with van der Waals surface area (Å²) in [7, 11) is 1.91. The summed E-state index contributed by atoms with van der Waals surface area (Å²) in [6, 6.07) is 14.0. The van der Waals surface area contributed by atoms with E-state index in [0.29, 0.717) is 6.61 Å². The van der Waals surface area contributed by atoms with Crippen molar-refractivity contribution in [3.63, 3.8) is 0 Å². The number of likely N-dealkylation sites (N-methyl/N-ethyl adjacent to an activating group) is 1. The Morgan fingerprint density at radius 2 is 1.96 bits per heavy atom. The van der Waals surface area contributed by atoms with Gasteiger partial charge in [0, 0.05) is 18.7 Å². The zero-order chi connectivity index (χ0) is 18.1. The van der Waals surface area contributed by atoms with Gasteiger partial charge >= 0.3 is 5.97 Å². The van der Waals surface area contributed by atoms with E-state index in [2.05, 4.69) is 17.1 Å². The molecule has 0 aliphatic rings. The molecule has 1 heterocycles. The summed E-state index contributed by atoms with van der Waals surface area (Å²) in [5.74, 6) is 0.539. The summed E-state index contributed by atoms with van der Waals surface area (Å²) in [6.45, 7) is 5.16. The first-order valence-electron chi connectivity index (χ1n) is 8.57. The van der Waals surface area contributed by atoms with Crippen LogP contribution in [0.15, 0.2) is 48.7 Å². The molecule has 1 aromatic carbocycles. The van der Waals surface area contributed by atoms with Crippen molar-refractivity contribution in [2.24, 2.45) is 0 Å². The molecule has 0 fully saturated rings. The molecule has 134 valence electrons. The molecule has 0 saturated heterocycles. The van der Waals surface area contributed by atoms with E-state index in [-0.39, 0.29) is 18.6 Å². The van der Waals surface area contributed by atoms with Gasteiger partial charge < -0.3 is 9.47 Å². The van der Waals surface area contributed by atoms with Crippen LogP contribution in [0.25, 0.3) is 0 Å². The van der Waals surface area contributed by atoms with Crippen molar-refractivity contribution in [1.29, 1.82) is 0 Å². The highest BCUT2D eigenvalue weighted by molar-refractivity contribution is 5.71. The monoisotopic (exact) mass is 342 g/mol. The molecule has 0 saturated carbocycles. The maximum absolute atomic E-state index is 11.6. The summed E-state index contributed by atoms with van der Waals surface area (Å²) >= 11 is 0. The first kappa shape index (κ1) is 18.9. The fraction of sp³-hybridized carbons (Fsp3) is 0.400. The fourth-order valence-corrected chi connectivity index (χ4v) is 2.49. The van der Waals surface area contributed by atoms with Gasteiger partial charge in [0.05, 0.1) is 19.3 Å². The second-order valence-electron chi connectivity index (χ2n) is 5.98. The second-order valence-corrected chi connectivity index (χ2v) is 5.98. The third kappa shape index (κ3) is 6.55. The minimum atomic E-state index is -0.204. The number of carbonyl (C=O) groups excluding carboxylic acids is 1. The number of rotatable bonds is 9. The predicted octanol–water partition coefficient (Wildman–Crippen LogP) is 3.40. The molecule has 1 aromatic heterocycles. The zero-order valence-electron chi connectivity index (χ0n) is 15.1. The zero-order valence-corrected chi connectivity index (χ0v) is 15.1. The Hall–Kier alpha value is -2.40. The molecule has 0 amide bonds. The number of hydrogen-bond donors (Lipinski definition) is 0. The van der Waals surface area contributed by atoms with Gasteiger partial charge in [0.1, 0.15) is 11.9 Å². The first-order chi connectivity index (χ1) is 12.1.